The van der Waals surface area contributed by atoms with Gasteiger partial charge in [-0.05, 0) is 50.2 Å². The molecular weight excluding hydrogens is 281 g/mol. The number of nitrogens with one attached hydrogen (secondary N) is 1. The number of anilines is 1. The second-order valence-electron chi connectivity index (χ2n) is 6.43. The summed E-state index contributed by atoms with van der Waals surface area (Å²) >= 11 is 0. The van der Waals surface area contributed by atoms with Crippen LogP contribution in [0.5, 0.6) is 0 Å². The van der Waals surface area contributed by atoms with E-state index in [0.717, 1.165) is 44.2 Å². The molecule has 2 fully saturated rings. The highest BCUT2D eigenvalue weighted by molar-refractivity contribution is 5.49. The Balaban J connectivity index is 1.50. The Kier molecular flexibility index (Phi) is 5.28. The lowest BCUT2D eigenvalue weighted by atomic mass is 10.1. The number of ether oxygens (including phenoxy) is 1. The quantitative estimate of drug-likeness (QED) is 0.896. The van der Waals surface area contributed by atoms with Gasteiger partial charge in [0, 0.05) is 26.2 Å². The molecule has 1 aromatic carbocycles. The van der Waals surface area contributed by atoms with Gasteiger partial charge in [-0.3, -0.25) is 0 Å². The molecule has 0 amide bonds. The van der Waals surface area contributed by atoms with Gasteiger partial charge in [-0.15, -0.1) is 0 Å². The first-order valence-electron chi connectivity index (χ1n) is 8.23. The number of halogens is 1. The first kappa shape index (κ1) is 15.7. The van der Waals surface area contributed by atoms with Crippen molar-refractivity contribution in [2.24, 2.45) is 5.92 Å². The van der Waals surface area contributed by atoms with Crippen LogP contribution in [0.1, 0.15) is 12.0 Å². The molecule has 0 radical (unpaired) electrons. The van der Waals surface area contributed by atoms with Gasteiger partial charge < -0.3 is 19.9 Å². The summed E-state index contributed by atoms with van der Waals surface area (Å²) in [5.41, 5.74) is 1.71. The lowest BCUT2D eigenvalue weighted by Crippen LogP contribution is -2.36. The largest absolute Gasteiger partial charge is 0.378 e. The summed E-state index contributed by atoms with van der Waals surface area (Å²) in [7, 11) is 2.17. The fourth-order valence-corrected chi connectivity index (χ4v) is 3.33. The summed E-state index contributed by atoms with van der Waals surface area (Å²) in [5.74, 6) is 0.601. The molecule has 2 aliphatic heterocycles. The van der Waals surface area contributed by atoms with Gasteiger partial charge in [0.2, 0.25) is 0 Å². The van der Waals surface area contributed by atoms with Crippen molar-refractivity contribution >= 4 is 5.69 Å². The minimum atomic E-state index is -0.123. The average molecular weight is 307 g/mol. The van der Waals surface area contributed by atoms with Gasteiger partial charge in [0.05, 0.1) is 18.9 Å². The molecular formula is C17H26FN3O. The highest BCUT2D eigenvalue weighted by Gasteiger charge is 2.19. The van der Waals surface area contributed by atoms with Crippen molar-refractivity contribution < 1.29 is 9.13 Å². The van der Waals surface area contributed by atoms with Crippen molar-refractivity contribution in [2.45, 2.75) is 13.0 Å². The van der Waals surface area contributed by atoms with Crippen molar-refractivity contribution in [2.75, 3.05) is 57.9 Å². The van der Waals surface area contributed by atoms with E-state index < -0.39 is 0 Å². The zero-order valence-electron chi connectivity index (χ0n) is 13.4. The van der Waals surface area contributed by atoms with Crippen molar-refractivity contribution in [3.63, 3.8) is 0 Å². The van der Waals surface area contributed by atoms with Gasteiger partial charge in [-0.1, -0.05) is 6.07 Å². The molecule has 2 heterocycles. The second-order valence-corrected chi connectivity index (χ2v) is 6.43. The highest BCUT2D eigenvalue weighted by Crippen LogP contribution is 2.21. The lowest BCUT2D eigenvalue weighted by molar-refractivity contribution is 0.122. The number of rotatable bonds is 5. The van der Waals surface area contributed by atoms with Gasteiger partial charge >= 0.3 is 0 Å². The van der Waals surface area contributed by atoms with Gasteiger partial charge in [0.1, 0.15) is 5.82 Å². The molecule has 3 rings (SSSR count). The Hall–Kier alpha value is -1.17. The molecule has 0 bridgehead atoms. The predicted molar refractivity (Wildman–Crippen MR) is 86.7 cm³/mol. The van der Waals surface area contributed by atoms with Gasteiger partial charge in [0.25, 0.3) is 0 Å². The first-order chi connectivity index (χ1) is 10.7. The van der Waals surface area contributed by atoms with Crippen LogP contribution in [0.15, 0.2) is 18.2 Å². The molecule has 1 atom stereocenters. The summed E-state index contributed by atoms with van der Waals surface area (Å²) in [5, 5.41) is 3.46. The van der Waals surface area contributed by atoms with Crippen LogP contribution < -0.4 is 10.2 Å². The fourth-order valence-electron chi connectivity index (χ4n) is 3.33. The topological polar surface area (TPSA) is 27.7 Å². The third-order valence-electron chi connectivity index (χ3n) is 4.61. The molecule has 4 nitrogen and oxygen atoms in total. The van der Waals surface area contributed by atoms with E-state index in [1.165, 1.54) is 13.0 Å². The normalized spacial score (nSPS) is 23.2. The van der Waals surface area contributed by atoms with Crippen LogP contribution in [0.4, 0.5) is 10.1 Å². The number of nitrogens with zero attached hydrogens (tertiary/aromatic N) is 2. The maximum Gasteiger partial charge on any atom is 0.146 e. The number of benzene rings is 1. The molecule has 0 spiro atoms. The van der Waals surface area contributed by atoms with Crippen LogP contribution in [0.3, 0.4) is 0 Å². The third kappa shape index (κ3) is 3.97. The number of morpholine rings is 1. The van der Waals surface area contributed by atoms with E-state index in [2.05, 4.69) is 22.2 Å². The number of hydrogen-bond acceptors (Lipinski definition) is 4. The molecule has 1 aromatic rings. The SMILES string of the molecule is CN1CC[C@H](CNCc2ccc(N3CCOCC3)c(F)c2)C1. The summed E-state index contributed by atoms with van der Waals surface area (Å²) in [6, 6.07) is 5.60. The minimum absolute atomic E-state index is 0.123. The molecule has 0 aliphatic carbocycles. The second kappa shape index (κ2) is 7.40. The number of likely N-dealkylation sites (tertiary alicyclic amines) is 1. The molecule has 0 aromatic heterocycles. The summed E-state index contributed by atoms with van der Waals surface area (Å²) in [6.45, 7) is 6.99. The van der Waals surface area contributed by atoms with E-state index >= 15 is 0 Å². The van der Waals surface area contributed by atoms with E-state index in [4.69, 9.17) is 4.74 Å². The zero-order chi connectivity index (χ0) is 15.4. The Morgan fingerprint density at radius 1 is 1.27 bits per heavy atom. The highest BCUT2D eigenvalue weighted by atomic mass is 19.1. The molecule has 0 unspecified atom stereocenters. The van der Waals surface area contributed by atoms with Crippen LogP contribution in [0, 0.1) is 11.7 Å². The lowest BCUT2D eigenvalue weighted by Gasteiger charge is -2.29. The predicted octanol–water partition coefficient (Wildman–Crippen LogP) is 1.70. The van der Waals surface area contributed by atoms with Crippen LogP contribution in [-0.2, 0) is 11.3 Å². The monoisotopic (exact) mass is 307 g/mol. The summed E-state index contributed by atoms with van der Waals surface area (Å²) in [4.78, 5) is 4.42. The van der Waals surface area contributed by atoms with Gasteiger partial charge in [-0.25, -0.2) is 4.39 Å². The Bertz CT molecular complexity index is 491. The average Bonchev–Trinajstić information content (AvgIpc) is 2.94. The Morgan fingerprint density at radius 3 is 2.77 bits per heavy atom. The van der Waals surface area contributed by atoms with Crippen molar-refractivity contribution in [1.29, 1.82) is 0 Å². The van der Waals surface area contributed by atoms with Crippen molar-refractivity contribution in [1.82, 2.24) is 10.2 Å². The Morgan fingerprint density at radius 2 is 2.09 bits per heavy atom. The zero-order valence-corrected chi connectivity index (χ0v) is 13.4. The van der Waals surface area contributed by atoms with Crippen LogP contribution >= 0.6 is 0 Å². The third-order valence-corrected chi connectivity index (χ3v) is 4.61. The smallest absolute Gasteiger partial charge is 0.146 e. The number of hydrogen-bond donors (Lipinski definition) is 1. The van der Waals surface area contributed by atoms with E-state index in [1.807, 2.05) is 12.1 Å². The molecule has 122 valence electrons. The minimum Gasteiger partial charge on any atom is -0.378 e. The van der Waals surface area contributed by atoms with Gasteiger partial charge in [0.15, 0.2) is 0 Å². The molecule has 2 aliphatic rings. The maximum absolute atomic E-state index is 14.3. The van der Waals surface area contributed by atoms with Crippen molar-refractivity contribution in [3.05, 3.63) is 29.6 Å². The Labute approximate surface area is 132 Å². The standard InChI is InChI=1S/C17H26FN3O/c1-20-5-4-15(13-20)12-19-11-14-2-3-17(16(18)10-14)21-6-8-22-9-7-21/h2-3,10,15,19H,4-9,11-13H2,1H3/t15-/m1/s1. The van der Waals surface area contributed by atoms with Crippen LogP contribution in [0.2, 0.25) is 0 Å². The van der Waals surface area contributed by atoms with E-state index in [9.17, 15) is 4.39 Å². The van der Waals surface area contributed by atoms with E-state index in [-0.39, 0.29) is 5.82 Å². The molecule has 2 saturated heterocycles. The van der Waals surface area contributed by atoms with E-state index in [1.54, 1.807) is 6.07 Å². The summed E-state index contributed by atoms with van der Waals surface area (Å²) < 4.78 is 19.6. The summed E-state index contributed by atoms with van der Waals surface area (Å²) in [6.07, 6.45) is 1.26. The molecule has 22 heavy (non-hydrogen) atoms. The maximum atomic E-state index is 14.3. The van der Waals surface area contributed by atoms with Crippen molar-refractivity contribution in [3.8, 4) is 0 Å². The molecule has 5 heteroatoms. The van der Waals surface area contributed by atoms with E-state index in [0.29, 0.717) is 18.9 Å². The molecule has 0 saturated carbocycles. The fraction of sp³-hybridized carbons (Fsp3) is 0.647. The van der Waals surface area contributed by atoms with Gasteiger partial charge in [-0.2, -0.15) is 0 Å². The molecule has 1 N–H and O–H groups in total. The van der Waals surface area contributed by atoms with Crippen LogP contribution in [0.25, 0.3) is 0 Å². The van der Waals surface area contributed by atoms with Crippen LogP contribution in [-0.4, -0.2) is 57.9 Å². The first-order valence-corrected chi connectivity index (χ1v) is 8.23.